The van der Waals surface area contributed by atoms with Gasteiger partial charge in [-0.05, 0) is 25.0 Å². The molecule has 0 radical (unpaired) electrons. The van der Waals surface area contributed by atoms with Crippen LogP contribution in [-0.4, -0.2) is 29.3 Å². The van der Waals surface area contributed by atoms with Gasteiger partial charge in [-0.1, -0.05) is 13.8 Å². The molecule has 2 heterocycles. The van der Waals surface area contributed by atoms with Crippen molar-refractivity contribution < 1.29 is 14.0 Å². The van der Waals surface area contributed by atoms with E-state index in [9.17, 15) is 9.59 Å². The van der Waals surface area contributed by atoms with Crippen LogP contribution in [0.15, 0.2) is 22.8 Å². The highest BCUT2D eigenvalue weighted by atomic mass is 16.3. The summed E-state index contributed by atoms with van der Waals surface area (Å²) in [4.78, 5) is 25.8. The maximum Gasteiger partial charge on any atom is 0.225 e. The Morgan fingerprint density at radius 1 is 1.50 bits per heavy atom. The average Bonchev–Trinajstić information content (AvgIpc) is 3.00. The molecule has 1 aromatic heterocycles. The number of carbonyl (C=O) groups is 2. The van der Waals surface area contributed by atoms with Gasteiger partial charge in [-0.25, -0.2) is 0 Å². The number of furan rings is 1. The lowest BCUT2D eigenvalue weighted by molar-refractivity contribution is -0.129. The predicted molar refractivity (Wildman–Crippen MR) is 74.7 cm³/mol. The molecule has 1 saturated heterocycles. The highest BCUT2D eigenvalue weighted by Crippen LogP contribution is 2.21. The Morgan fingerprint density at radius 3 is 2.85 bits per heavy atom. The fraction of sp³-hybridized carbons (Fsp3) is 0.600. The Morgan fingerprint density at radius 2 is 2.25 bits per heavy atom. The van der Waals surface area contributed by atoms with Crippen molar-refractivity contribution >= 4 is 11.8 Å². The van der Waals surface area contributed by atoms with Crippen LogP contribution in [0.5, 0.6) is 0 Å². The second kappa shape index (κ2) is 6.11. The molecule has 0 unspecified atom stereocenters. The van der Waals surface area contributed by atoms with E-state index >= 15 is 0 Å². The number of hydrogen-bond acceptors (Lipinski definition) is 3. The quantitative estimate of drug-likeness (QED) is 0.893. The van der Waals surface area contributed by atoms with Gasteiger partial charge in [0.1, 0.15) is 5.76 Å². The Bertz CT molecular complexity index is 467. The minimum atomic E-state index is -0.251. The molecule has 5 nitrogen and oxygen atoms in total. The third-order valence-corrected chi connectivity index (χ3v) is 3.88. The van der Waals surface area contributed by atoms with Crippen molar-refractivity contribution in [1.82, 2.24) is 10.2 Å². The maximum absolute atomic E-state index is 12.1. The fourth-order valence-electron chi connectivity index (χ4n) is 2.20. The van der Waals surface area contributed by atoms with E-state index in [1.54, 1.807) is 17.2 Å². The lowest BCUT2D eigenvalue weighted by atomic mass is 10.0. The SMILES string of the molecule is CC(C)[C@H](C)NC(=O)[C@@H]1CC(=O)N(Cc2ccco2)C1. The summed E-state index contributed by atoms with van der Waals surface area (Å²) in [6.45, 7) is 7.02. The Hall–Kier alpha value is -1.78. The summed E-state index contributed by atoms with van der Waals surface area (Å²) in [6, 6.07) is 3.75. The third kappa shape index (κ3) is 3.40. The van der Waals surface area contributed by atoms with E-state index in [1.807, 2.05) is 13.0 Å². The van der Waals surface area contributed by atoms with Crippen molar-refractivity contribution in [2.75, 3.05) is 6.54 Å². The molecule has 0 aromatic carbocycles. The van der Waals surface area contributed by atoms with E-state index in [1.165, 1.54) is 0 Å². The van der Waals surface area contributed by atoms with Crippen LogP contribution >= 0.6 is 0 Å². The molecule has 1 aliphatic heterocycles. The van der Waals surface area contributed by atoms with E-state index in [2.05, 4.69) is 19.2 Å². The molecule has 1 fully saturated rings. The summed E-state index contributed by atoms with van der Waals surface area (Å²) in [5.41, 5.74) is 0. The maximum atomic E-state index is 12.1. The zero-order chi connectivity index (χ0) is 14.7. The van der Waals surface area contributed by atoms with Gasteiger partial charge in [0.05, 0.1) is 18.7 Å². The number of carbonyl (C=O) groups excluding carboxylic acids is 2. The van der Waals surface area contributed by atoms with E-state index in [4.69, 9.17) is 4.42 Å². The van der Waals surface area contributed by atoms with Crippen LogP contribution in [-0.2, 0) is 16.1 Å². The van der Waals surface area contributed by atoms with Crippen LogP contribution in [0.1, 0.15) is 33.0 Å². The number of nitrogens with one attached hydrogen (secondary N) is 1. The molecule has 0 saturated carbocycles. The monoisotopic (exact) mass is 278 g/mol. The molecule has 2 rings (SSSR count). The Kier molecular flexibility index (Phi) is 4.47. The molecule has 2 atom stereocenters. The van der Waals surface area contributed by atoms with Gasteiger partial charge in [-0.2, -0.15) is 0 Å². The third-order valence-electron chi connectivity index (χ3n) is 3.88. The van der Waals surface area contributed by atoms with Crippen LogP contribution in [0.3, 0.4) is 0 Å². The first-order valence-electron chi connectivity index (χ1n) is 7.08. The van der Waals surface area contributed by atoms with Crippen molar-refractivity contribution in [2.45, 2.75) is 39.8 Å². The standard InChI is InChI=1S/C15H22N2O3/c1-10(2)11(3)16-15(19)12-7-14(18)17(8-12)9-13-5-4-6-20-13/h4-6,10-12H,7-9H2,1-3H3,(H,16,19)/t11-,12+/m0/s1. The summed E-state index contributed by atoms with van der Waals surface area (Å²) in [7, 11) is 0. The number of hydrogen-bond donors (Lipinski definition) is 1. The van der Waals surface area contributed by atoms with Gasteiger partial charge in [0.2, 0.25) is 11.8 Å². The smallest absolute Gasteiger partial charge is 0.225 e. The van der Waals surface area contributed by atoms with Crippen LogP contribution in [0.2, 0.25) is 0 Å². The Labute approximate surface area is 119 Å². The molecule has 1 aromatic rings. The highest BCUT2D eigenvalue weighted by molar-refractivity contribution is 5.89. The molecule has 0 spiro atoms. The number of likely N-dealkylation sites (tertiary alicyclic amines) is 1. The average molecular weight is 278 g/mol. The van der Waals surface area contributed by atoms with Gasteiger partial charge in [-0.3, -0.25) is 9.59 Å². The first-order valence-corrected chi connectivity index (χ1v) is 7.08. The predicted octanol–water partition coefficient (Wildman–Crippen LogP) is 1.79. The van der Waals surface area contributed by atoms with Gasteiger partial charge >= 0.3 is 0 Å². The molecule has 1 aliphatic rings. The van der Waals surface area contributed by atoms with Gasteiger partial charge in [0.15, 0.2) is 0 Å². The minimum absolute atomic E-state index is 0.0127. The number of nitrogens with zero attached hydrogens (tertiary/aromatic N) is 1. The normalized spacial score (nSPS) is 20.5. The van der Waals surface area contributed by atoms with E-state index < -0.39 is 0 Å². The summed E-state index contributed by atoms with van der Waals surface area (Å²) >= 11 is 0. The van der Waals surface area contributed by atoms with Crippen LogP contribution < -0.4 is 5.32 Å². The van der Waals surface area contributed by atoms with Gasteiger partial charge in [-0.15, -0.1) is 0 Å². The fourth-order valence-corrected chi connectivity index (χ4v) is 2.20. The molecule has 0 bridgehead atoms. The van der Waals surface area contributed by atoms with E-state index in [-0.39, 0.29) is 30.2 Å². The summed E-state index contributed by atoms with van der Waals surface area (Å²) < 4.78 is 5.24. The van der Waals surface area contributed by atoms with Crippen molar-refractivity contribution in [2.24, 2.45) is 11.8 Å². The first-order chi connectivity index (χ1) is 9.47. The molecule has 1 N–H and O–H groups in total. The number of amides is 2. The molecule has 110 valence electrons. The summed E-state index contributed by atoms with van der Waals surface area (Å²) in [6.07, 6.45) is 1.88. The molecule has 0 aliphatic carbocycles. The highest BCUT2D eigenvalue weighted by Gasteiger charge is 2.35. The summed E-state index contributed by atoms with van der Waals surface area (Å²) in [5.74, 6) is 0.865. The zero-order valence-corrected chi connectivity index (χ0v) is 12.3. The van der Waals surface area contributed by atoms with Crippen molar-refractivity contribution in [3.63, 3.8) is 0 Å². The molecule has 2 amide bonds. The van der Waals surface area contributed by atoms with Crippen molar-refractivity contribution in [3.05, 3.63) is 24.2 Å². The van der Waals surface area contributed by atoms with E-state index in [0.29, 0.717) is 19.0 Å². The molecular formula is C15H22N2O3. The van der Waals surface area contributed by atoms with Crippen molar-refractivity contribution in [1.29, 1.82) is 0 Å². The van der Waals surface area contributed by atoms with Gasteiger partial charge < -0.3 is 14.6 Å². The van der Waals surface area contributed by atoms with E-state index in [0.717, 1.165) is 5.76 Å². The lowest BCUT2D eigenvalue weighted by Gasteiger charge is -2.20. The van der Waals surface area contributed by atoms with Crippen LogP contribution in [0.25, 0.3) is 0 Å². The summed E-state index contributed by atoms with van der Waals surface area (Å²) in [5, 5.41) is 2.98. The zero-order valence-electron chi connectivity index (χ0n) is 12.3. The van der Waals surface area contributed by atoms with Gasteiger partial charge in [0.25, 0.3) is 0 Å². The second-order valence-electron chi connectivity index (χ2n) is 5.80. The second-order valence-corrected chi connectivity index (χ2v) is 5.80. The molecule has 5 heteroatoms. The Balaban J connectivity index is 1.89. The molecular weight excluding hydrogens is 256 g/mol. The van der Waals surface area contributed by atoms with Gasteiger partial charge in [0, 0.05) is 19.0 Å². The number of rotatable bonds is 5. The van der Waals surface area contributed by atoms with Crippen LogP contribution in [0.4, 0.5) is 0 Å². The largest absolute Gasteiger partial charge is 0.467 e. The van der Waals surface area contributed by atoms with Crippen molar-refractivity contribution in [3.8, 4) is 0 Å². The topological polar surface area (TPSA) is 62.6 Å². The lowest BCUT2D eigenvalue weighted by Crippen LogP contribution is -2.40. The van der Waals surface area contributed by atoms with Crippen LogP contribution in [0, 0.1) is 11.8 Å². The minimum Gasteiger partial charge on any atom is -0.467 e. The first kappa shape index (κ1) is 14.6. The molecule has 20 heavy (non-hydrogen) atoms.